The SMILES string of the molecule is CN1C(=O)c2sc(N3CCOc4ccc(C5CCCCC(C(C)(C)C)CCC5)cc43)nc2CC1(C)C. The number of rotatable bonds is 2. The Bertz CT molecular complexity index is 1120. The number of carbonyl (C=O) groups excluding carboxylic acids is 1. The molecule has 1 saturated carbocycles. The summed E-state index contributed by atoms with van der Waals surface area (Å²) in [6.45, 7) is 12.9. The van der Waals surface area contributed by atoms with Crippen molar-refractivity contribution >= 4 is 28.1 Å². The van der Waals surface area contributed by atoms with Crippen molar-refractivity contribution in [2.24, 2.45) is 11.3 Å². The normalized spacial score (nSPS) is 24.8. The Balaban J connectivity index is 1.40. The van der Waals surface area contributed by atoms with Crippen LogP contribution in [0.3, 0.4) is 0 Å². The highest BCUT2D eigenvalue weighted by atomic mass is 32.1. The van der Waals surface area contributed by atoms with Crippen LogP contribution in [0.25, 0.3) is 0 Å². The van der Waals surface area contributed by atoms with Gasteiger partial charge in [0.25, 0.3) is 5.91 Å². The van der Waals surface area contributed by atoms with Crippen LogP contribution in [0.2, 0.25) is 0 Å². The van der Waals surface area contributed by atoms with Crippen LogP contribution in [0.4, 0.5) is 10.8 Å². The Hall–Kier alpha value is -2.08. The molecule has 1 fully saturated rings. The summed E-state index contributed by atoms with van der Waals surface area (Å²) >= 11 is 1.54. The zero-order valence-electron chi connectivity index (χ0n) is 23.0. The minimum Gasteiger partial charge on any atom is -0.490 e. The third-order valence-electron chi connectivity index (χ3n) is 8.93. The number of anilines is 2. The molecule has 0 saturated heterocycles. The first kappa shape index (κ1) is 25.6. The van der Waals surface area contributed by atoms with Crippen molar-refractivity contribution in [1.29, 1.82) is 0 Å². The van der Waals surface area contributed by atoms with E-state index in [1.807, 2.05) is 11.9 Å². The molecular formula is C30H43N3O2S. The van der Waals surface area contributed by atoms with E-state index in [9.17, 15) is 4.79 Å². The number of likely N-dealkylation sites (N-methyl/N-ethyl adjacent to an activating group) is 1. The second-order valence-electron chi connectivity index (χ2n) is 12.8. The minimum absolute atomic E-state index is 0.0892. The van der Waals surface area contributed by atoms with Gasteiger partial charge in [-0.25, -0.2) is 4.98 Å². The summed E-state index contributed by atoms with van der Waals surface area (Å²) in [6.07, 6.45) is 9.95. The van der Waals surface area contributed by atoms with Gasteiger partial charge in [0.15, 0.2) is 5.13 Å². The quantitative estimate of drug-likeness (QED) is 0.419. The Morgan fingerprint density at radius 2 is 1.81 bits per heavy atom. The lowest BCUT2D eigenvalue weighted by molar-refractivity contribution is 0.0595. The van der Waals surface area contributed by atoms with Crippen molar-refractivity contribution in [2.75, 3.05) is 25.1 Å². The van der Waals surface area contributed by atoms with Crippen molar-refractivity contribution in [1.82, 2.24) is 9.88 Å². The fraction of sp³-hybridized carbons (Fsp3) is 0.667. The number of thiazole rings is 1. The summed E-state index contributed by atoms with van der Waals surface area (Å²) in [5, 5.41) is 0.920. The number of ether oxygens (including phenoxy) is 1. The maximum absolute atomic E-state index is 13.1. The molecule has 36 heavy (non-hydrogen) atoms. The van der Waals surface area contributed by atoms with E-state index in [1.54, 1.807) is 0 Å². The smallest absolute Gasteiger partial charge is 0.266 e. The van der Waals surface area contributed by atoms with E-state index in [4.69, 9.17) is 9.72 Å². The highest BCUT2D eigenvalue weighted by Gasteiger charge is 2.39. The Kier molecular flexibility index (Phi) is 6.86. The second kappa shape index (κ2) is 9.66. The van der Waals surface area contributed by atoms with Crippen LogP contribution in [0.1, 0.15) is 106 Å². The molecule has 2 aromatic rings. The molecule has 3 heterocycles. The average Bonchev–Trinajstić information content (AvgIpc) is 3.28. The van der Waals surface area contributed by atoms with E-state index in [0.717, 1.165) is 46.0 Å². The van der Waals surface area contributed by atoms with E-state index in [2.05, 4.69) is 57.7 Å². The van der Waals surface area contributed by atoms with E-state index in [1.165, 1.54) is 61.8 Å². The third-order valence-corrected chi connectivity index (χ3v) is 10.0. The second-order valence-corrected chi connectivity index (χ2v) is 13.8. The van der Waals surface area contributed by atoms with Crippen molar-refractivity contribution < 1.29 is 9.53 Å². The average molecular weight is 510 g/mol. The maximum Gasteiger partial charge on any atom is 0.266 e. The lowest BCUT2D eigenvalue weighted by Gasteiger charge is -2.38. The van der Waals surface area contributed by atoms with Gasteiger partial charge in [0.2, 0.25) is 0 Å². The number of carbonyl (C=O) groups is 1. The van der Waals surface area contributed by atoms with Crippen LogP contribution in [0, 0.1) is 11.3 Å². The number of benzene rings is 1. The molecule has 1 amide bonds. The van der Waals surface area contributed by atoms with E-state index in [-0.39, 0.29) is 11.4 Å². The maximum atomic E-state index is 13.1. The Morgan fingerprint density at radius 1 is 1.08 bits per heavy atom. The molecule has 0 N–H and O–H groups in total. The van der Waals surface area contributed by atoms with Crippen molar-refractivity contribution in [2.45, 2.75) is 97.4 Å². The zero-order chi connectivity index (χ0) is 25.7. The van der Waals surface area contributed by atoms with Crippen molar-refractivity contribution in [3.05, 3.63) is 34.3 Å². The largest absolute Gasteiger partial charge is 0.490 e. The summed E-state index contributed by atoms with van der Waals surface area (Å²) in [4.78, 5) is 23.0. The van der Waals surface area contributed by atoms with E-state index < -0.39 is 0 Å². The van der Waals surface area contributed by atoms with Gasteiger partial charge in [0.05, 0.1) is 17.9 Å². The van der Waals surface area contributed by atoms with Crippen LogP contribution in [0.5, 0.6) is 5.75 Å². The summed E-state index contributed by atoms with van der Waals surface area (Å²) in [7, 11) is 1.90. The molecule has 5 nitrogen and oxygen atoms in total. The Morgan fingerprint density at radius 3 is 2.58 bits per heavy atom. The van der Waals surface area contributed by atoms with Crippen LogP contribution >= 0.6 is 11.3 Å². The van der Waals surface area contributed by atoms with Gasteiger partial charge in [0.1, 0.15) is 17.2 Å². The first-order valence-electron chi connectivity index (χ1n) is 13.9. The first-order chi connectivity index (χ1) is 17.0. The number of aromatic nitrogens is 1. The van der Waals surface area contributed by atoms with Crippen LogP contribution in [0.15, 0.2) is 18.2 Å². The van der Waals surface area contributed by atoms with Crippen molar-refractivity contribution in [3.8, 4) is 5.75 Å². The number of hydrogen-bond donors (Lipinski definition) is 0. The fourth-order valence-electron chi connectivity index (χ4n) is 6.26. The molecular weight excluding hydrogens is 466 g/mol. The lowest BCUT2D eigenvalue weighted by atomic mass is 9.75. The van der Waals surface area contributed by atoms with Gasteiger partial charge in [-0.15, -0.1) is 0 Å². The molecule has 1 aromatic heterocycles. The molecule has 0 radical (unpaired) electrons. The monoisotopic (exact) mass is 509 g/mol. The standard InChI is InChI=1S/C30H43N3O2S/c1-29(2,3)22-12-8-7-10-20(11-9-13-22)21-14-15-25-24(18-21)33(16-17-35-25)28-31-23-19-30(4,5)32(6)27(34)26(23)36-28/h14-15,18,20,22H,7-13,16-17,19H2,1-6H3. The minimum atomic E-state index is -0.214. The van der Waals surface area contributed by atoms with Gasteiger partial charge in [0, 0.05) is 19.0 Å². The number of fused-ring (bicyclic) bond motifs is 2. The van der Waals surface area contributed by atoms with Crippen LogP contribution in [-0.4, -0.2) is 41.5 Å². The zero-order valence-corrected chi connectivity index (χ0v) is 23.8. The predicted octanol–water partition coefficient (Wildman–Crippen LogP) is 7.57. The van der Waals surface area contributed by atoms with Gasteiger partial charge < -0.3 is 14.5 Å². The molecule has 196 valence electrons. The predicted molar refractivity (Wildman–Crippen MR) is 149 cm³/mol. The lowest BCUT2D eigenvalue weighted by Crippen LogP contribution is -2.49. The highest BCUT2D eigenvalue weighted by molar-refractivity contribution is 7.17. The van der Waals surface area contributed by atoms with Crippen LogP contribution in [-0.2, 0) is 6.42 Å². The van der Waals surface area contributed by atoms with Gasteiger partial charge >= 0.3 is 0 Å². The molecule has 0 bridgehead atoms. The van der Waals surface area contributed by atoms with Gasteiger partial charge in [-0.3, -0.25) is 4.79 Å². The number of hydrogen-bond acceptors (Lipinski definition) is 5. The van der Waals surface area contributed by atoms with Gasteiger partial charge in [-0.2, -0.15) is 0 Å². The third kappa shape index (κ3) is 4.90. The first-order valence-corrected chi connectivity index (χ1v) is 14.7. The van der Waals surface area contributed by atoms with E-state index >= 15 is 0 Å². The summed E-state index contributed by atoms with van der Waals surface area (Å²) in [6, 6.07) is 6.81. The number of amides is 1. The summed E-state index contributed by atoms with van der Waals surface area (Å²) in [5.74, 6) is 2.44. The summed E-state index contributed by atoms with van der Waals surface area (Å²) in [5.41, 5.74) is 3.67. The molecule has 1 aliphatic carbocycles. The molecule has 6 heteroatoms. The molecule has 5 rings (SSSR count). The van der Waals surface area contributed by atoms with Gasteiger partial charge in [-0.1, -0.05) is 57.4 Å². The van der Waals surface area contributed by atoms with E-state index in [0.29, 0.717) is 17.9 Å². The Labute approximate surface area is 221 Å². The van der Waals surface area contributed by atoms with Crippen molar-refractivity contribution in [3.63, 3.8) is 0 Å². The molecule has 2 atom stereocenters. The van der Waals surface area contributed by atoms with Gasteiger partial charge in [-0.05, 0) is 74.5 Å². The van der Waals surface area contributed by atoms with Crippen LogP contribution < -0.4 is 9.64 Å². The molecule has 2 unspecified atom stereocenters. The topological polar surface area (TPSA) is 45.7 Å². The molecule has 0 spiro atoms. The highest BCUT2D eigenvalue weighted by Crippen LogP contribution is 2.44. The number of nitrogens with zero attached hydrogens (tertiary/aromatic N) is 3. The summed E-state index contributed by atoms with van der Waals surface area (Å²) < 4.78 is 6.07. The molecule has 1 aromatic carbocycles. The molecule has 2 aliphatic heterocycles. The molecule has 3 aliphatic rings. The fourth-order valence-corrected chi connectivity index (χ4v) is 7.36.